The van der Waals surface area contributed by atoms with Gasteiger partial charge in [0.15, 0.2) is 0 Å². The summed E-state index contributed by atoms with van der Waals surface area (Å²) in [5.41, 5.74) is 0.992. The van der Waals surface area contributed by atoms with Crippen molar-refractivity contribution >= 4 is 21.4 Å². The molecule has 6 nitrogen and oxygen atoms in total. The van der Waals surface area contributed by atoms with Gasteiger partial charge in [-0.2, -0.15) is 0 Å². The van der Waals surface area contributed by atoms with Crippen LogP contribution in [-0.4, -0.2) is 24.4 Å². The molecule has 0 aliphatic carbocycles. The number of aryl methyl sites for hydroxylation is 1. The van der Waals surface area contributed by atoms with Gasteiger partial charge in [0, 0.05) is 29.9 Å². The molecule has 0 spiro atoms. The molecular formula is C13H20N4O2S2. The average molecular weight is 328 g/mol. The first kappa shape index (κ1) is 16.2. The number of thiophene rings is 1. The van der Waals surface area contributed by atoms with Gasteiger partial charge in [0.05, 0.1) is 6.54 Å². The van der Waals surface area contributed by atoms with Crippen LogP contribution in [0.2, 0.25) is 0 Å². The zero-order chi connectivity index (χ0) is 15.5. The Balaban J connectivity index is 2.07. The molecular weight excluding hydrogens is 308 g/mol. The zero-order valence-corrected chi connectivity index (χ0v) is 13.9. The van der Waals surface area contributed by atoms with Crippen LogP contribution in [0, 0.1) is 6.92 Å². The highest BCUT2D eigenvalue weighted by Crippen LogP contribution is 2.26. The van der Waals surface area contributed by atoms with Crippen LogP contribution in [0.3, 0.4) is 0 Å². The topological polar surface area (TPSA) is 86.9 Å². The van der Waals surface area contributed by atoms with Crippen LogP contribution in [-0.2, 0) is 23.1 Å². The van der Waals surface area contributed by atoms with Gasteiger partial charge in [0.1, 0.15) is 10.0 Å². The highest BCUT2D eigenvalue weighted by molar-refractivity contribution is 7.91. The summed E-state index contributed by atoms with van der Waals surface area (Å²) in [4.78, 5) is 7.90. The van der Waals surface area contributed by atoms with Crippen molar-refractivity contribution in [2.75, 3.05) is 0 Å². The summed E-state index contributed by atoms with van der Waals surface area (Å²) in [6, 6.07) is 2.08. The lowest BCUT2D eigenvalue weighted by atomic mass is 10.3. The third kappa shape index (κ3) is 4.37. The Morgan fingerprint density at radius 1 is 1.38 bits per heavy atom. The Kier molecular flexibility index (Phi) is 5.15. The lowest BCUT2D eigenvalue weighted by Gasteiger charge is -2.06. The van der Waals surface area contributed by atoms with Crippen LogP contribution in [0.25, 0.3) is 0 Å². The van der Waals surface area contributed by atoms with Gasteiger partial charge in [-0.3, -0.25) is 0 Å². The first-order valence-electron chi connectivity index (χ1n) is 6.69. The smallest absolute Gasteiger partial charge is 0.250 e. The summed E-state index contributed by atoms with van der Waals surface area (Å²) in [5.74, 6) is 0.591. The number of aromatic amines is 1. The van der Waals surface area contributed by atoms with Gasteiger partial charge in [0.2, 0.25) is 10.0 Å². The van der Waals surface area contributed by atoms with Gasteiger partial charge < -0.3 is 10.3 Å². The van der Waals surface area contributed by atoms with E-state index < -0.39 is 10.0 Å². The minimum atomic E-state index is -3.50. The molecule has 0 unspecified atom stereocenters. The van der Waals surface area contributed by atoms with Crippen LogP contribution >= 0.6 is 11.3 Å². The second-order valence-electron chi connectivity index (χ2n) is 5.07. The van der Waals surface area contributed by atoms with Gasteiger partial charge >= 0.3 is 0 Å². The van der Waals surface area contributed by atoms with E-state index in [0.717, 1.165) is 10.4 Å². The van der Waals surface area contributed by atoms with Crippen molar-refractivity contribution < 1.29 is 8.42 Å². The van der Waals surface area contributed by atoms with Crippen molar-refractivity contribution in [2.24, 2.45) is 0 Å². The van der Waals surface area contributed by atoms with Crippen LogP contribution in [0.4, 0.5) is 0 Å². The number of rotatable bonds is 7. The minimum Gasteiger partial charge on any atom is -0.347 e. The molecule has 2 heterocycles. The molecule has 116 valence electrons. The normalized spacial score (nSPS) is 12.2. The van der Waals surface area contributed by atoms with Gasteiger partial charge in [-0.15, -0.1) is 11.3 Å². The van der Waals surface area contributed by atoms with E-state index in [2.05, 4.69) is 33.9 Å². The molecule has 0 saturated carbocycles. The van der Waals surface area contributed by atoms with Crippen LogP contribution in [0.1, 0.15) is 30.1 Å². The molecule has 0 atom stereocenters. The van der Waals surface area contributed by atoms with E-state index >= 15 is 0 Å². The van der Waals surface area contributed by atoms with Crippen LogP contribution in [0.5, 0.6) is 0 Å². The number of hydrogen-bond donors (Lipinski definition) is 3. The van der Waals surface area contributed by atoms with E-state index in [0.29, 0.717) is 22.6 Å². The monoisotopic (exact) mass is 328 g/mol. The molecule has 2 aromatic heterocycles. The third-order valence-corrected chi connectivity index (χ3v) is 6.03. The maximum Gasteiger partial charge on any atom is 0.250 e. The van der Waals surface area contributed by atoms with E-state index in [4.69, 9.17) is 0 Å². The molecule has 0 fully saturated rings. The SMILES string of the molecule is Cc1cc(S(=O)(=O)NCc2ncc[nH]2)sc1CNC(C)C. The molecule has 21 heavy (non-hydrogen) atoms. The predicted octanol–water partition coefficient (Wildman–Crippen LogP) is 1.76. The number of sulfonamides is 1. The molecule has 0 aromatic carbocycles. The van der Waals surface area contributed by atoms with Crippen molar-refractivity contribution in [3.8, 4) is 0 Å². The fourth-order valence-corrected chi connectivity index (χ4v) is 4.29. The quantitative estimate of drug-likeness (QED) is 0.723. The maximum atomic E-state index is 12.3. The summed E-state index contributed by atoms with van der Waals surface area (Å²) in [6.45, 7) is 6.89. The average Bonchev–Trinajstić information content (AvgIpc) is 3.04. The third-order valence-electron chi connectivity index (χ3n) is 2.92. The Morgan fingerprint density at radius 3 is 2.76 bits per heavy atom. The summed E-state index contributed by atoms with van der Waals surface area (Å²) < 4.78 is 27.4. The molecule has 0 amide bonds. The van der Waals surface area contributed by atoms with Gasteiger partial charge in [-0.25, -0.2) is 18.1 Å². The first-order chi connectivity index (χ1) is 9.88. The zero-order valence-electron chi connectivity index (χ0n) is 12.3. The van der Waals surface area contributed by atoms with Crippen molar-refractivity contribution in [2.45, 2.75) is 44.1 Å². The Labute approximate surface area is 129 Å². The summed E-state index contributed by atoms with van der Waals surface area (Å²) in [5, 5.41) is 3.30. The number of nitrogens with one attached hydrogen (secondary N) is 3. The summed E-state index contributed by atoms with van der Waals surface area (Å²) in [6.07, 6.45) is 3.25. The highest BCUT2D eigenvalue weighted by Gasteiger charge is 2.19. The van der Waals surface area contributed by atoms with Crippen molar-refractivity contribution in [1.29, 1.82) is 0 Å². The molecule has 0 aliphatic rings. The minimum absolute atomic E-state index is 0.159. The molecule has 0 saturated heterocycles. The fraction of sp³-hybridized carbons (Fsp3) is 0.462. The molecule has 0 aliphatic heterocycles. The fourth-order valence-electron chi connectivity index (χ4n) is 1.72. The van der Waals surface area contributed by atoms with Gasteiger partial charge in [-0.05, 0) is 18.6 Å². The van der Waals surface area contributed by atoms with Gasteiger partial charge in [0.25, 0.3) is 0 Å². The van der Waals surface area contributed by atoms with Crippen LogP contribution in [0.15, 0.2) is 22.7 Å². The van der Waals surface area contributed by atoms with E-state index in [1.54, 1.807) is 18.5 Å². The maximum absolute atomic E-state index is 12.3. The molecule has 0 radical (unpaired) electrons. The second-order valence-corrected chi connectivity index (χ2v) is 8.20. The van der Waals surface area contributed by atoms with Crippen molar-refractivity contribution in [1.82, 2.24) is 20.0 Å². The number of hydrogen-bond acceptors (Lipinski definition) is 5. The second kappa shape index (κ2) is 6.69. The number of H-pyrrole nitrogens is 1. The predicted molar refractivity (Wildman–Crippen MR) is 83.6 cm³/mol. The van der Waals surface area contributed by atoms with E-state index in [1.807, 2.05) is 6.92 Å². The molecule has 2 aromatic rings. The number of imidazole rings is 1. The summed E-state index contributed by atoms with van der Waals surface area (Å²) >= 11 is 1.30. The van der Waals surface area contributed by atoms with E-state index in [-0.39, 0.29) is 6.54 Å². The van der Waals surface area contributed by atoms with E-state index in [1.165, 1.54) is 11.3 Å². The standard InChI is InChI=1S/C13H20N4O2S2/c1-9(2)16-7-11-10(3)6-13(20-11)21(18,19)17-8-12-14-4-5-15-12/h4-6,9,16-17H,7-8H2,1-3H3,(H,14,15). The molecule has 0 bridgehead atoms. The molecule has 2 rings (SSSR count). The van der Waals surface area contributed by atoms with Crippen molar-refractivity contribution in [3.63, 3.8) is 0 Å². The Bertz CT molecular complexity index is 675. The van der Waals surface area contributed by atoms with Crippen LogP contribution < -0.4 is 10.0 Å². The lowest BCUT2D eigenvalue weighted by molar-refractivity contribution is 0.581. The number of aromatic nitrogens is 2. The highest BCUT2D eigenvalue weighted by atomic mass is 32.2. The lowest BCUT2D eigenvalue weighted by Crippen LogP contribution is -2.23. The van der Waals surface area contributed by atoms with E-state index in [9.17, 15) is 8.42 Å². The summed E-state index contributed by atoms with van der Waals surface area (Å²) in [7, 11) is -3.50. The Hall–Kier alpha value is -1.22. The number of nitrogens with zero attached hydrogens (tertiary/aromatic N) is 1. The molecule has 8 heteroatoms. The van der Waals surface area contributed by atoms with Crippen molar-refractivity contribution in [3.05, 3.63) is 34.7 Å². The first-order valence-corrected chi connectivity index (χ1v) is 8.99. The molecule has 3 N–H and O–H groups in total. The Morgan fingerprint density at radius 2 is 2.14 bits per heavy atom. The van der Waals surface area contributed by atoms with Gasteiger partial charge in [-0.1, -0.05) is 13.8 Å². The largest absolute Gasteiger partial charge is 0.347 e.